The minimum Gasteiger partial charge on any atom is -0.494 e. The number of fused-ring (bicyclic) bond motifs is 1. The van der Waals surface area contributed by atoms with Crippen molar-refractivity contribution in [3.05, 3.63) is 87.0 Å². The zero-order valence-electron chi connectivity index (χ0n) is 16.3. The van der Waals surface area contributed by atoms with Gasteiger partial charge in [0.1, 0.15) is 0 Å². The van der Waals surface area contributed by atoms with Gasteiger partial charge in [-0.05, 0) is 48.4 Å². The number of nitrogens with zero attached hydrogens (tertiary/aromatic N) is 1. The largest absolute Gasteiger partial charge is 0.494 e. The zero-order valence-corrected chi connectivity index (χ0v) is 17.9. The van der Waals surface area contributed by atoms with Crippen molar-refractivity contribution in [2.45, 2.75) is 6.92 Å². The molecule has 0 bridgehead atoms. The van der Waals surface area contributed by atoms with E-state index in [0.717, 1.165) is 15.6 Å². The van der Waals surface area contributed by atoms with Crippen LogP contribution in [0.5, 0.6) is 5.88 Å². The molecular weight excluding hydrogens is 446 g/mol. The van der Waals surface area contributed by atoms with Crippen LogP contribution < -0.4 is 0 Å². The van der Waals surface area contributed by atoms with Crippen LogP contribution in [0, 0.1) is 6.92 Å². The van der Waals surface area contributed by atoms with Crippen LogP contribution in [0.25, 0.3) is 23.4 Å². The van der Waals surface area contributed by atoms with Crippen molar-refractivity contribution < 1.29 is 19.4 Å². The predicted molar refractivity (Wildman–Crippen MR) is 120 cm³/mol. The zero-order chi connectivity index (χ0) is 21.4. The van der Waals surface area contributed by atoms with Gasteiger partial charge in [-0.15, -0.1) is 0 Å². The number of benzene rings is 2. The number of ether oxygens (including phenoxy) is 1. The number of rotatable bonds is 3. The minimum absolute atomic E-state index is 0.140. The number of allylic oxidation sites excluding steroid dienone is 2. The predicted octanol–water partition coefficient (Wildman–Crippen LogP) is 5.18. The number of carbonyl (C=O) groups excluding carboxylic acids is 2. The second-order valence-electron chi connectivity index (χ2n) is 6.85. The van der Waals surface area contributed by atoms with E-state index in [1.807, 2.05) is 48.5 Å². The molecule has 0 radical (unpaired) electrons. The van der Waals surface area contributed by atoms with Crippen molar-refractivity contribution in [2.24, 2.45) is 0 Å². The highest BCUT2D eigenvalue weighted by Crippen LogP contribution is 2.37. The Bertz CT molecular complexity index is 1250. The molecule has 1 heterocycles. The summed E-state index contributed by atoms with van der Waals surface area (Å²) in [4.78, 5) is 25.3. The van der Waals surface area contributed by atoms with E-state index < -0.39 is 5.97 Å². The maximum absolute atomic E-state index is 12.7. The minimum atomic E-state index is -0.588. The quantitative estimate of drug-likeness (QED) is 0.429. The van der Waals surface area contributed by atoms with Crippen molar-refractivity contribution in [2.75, 3.05) is 7.11 Å². The van der Waals surface area contributed by atoms with Gasteiger partial charge in [-0.3, -0.25) is 9.36 Å². The van der Waals surface area contributed by atoms with E-state index in [2.05, 4.69) is 15.9 Å². The van der Waals surface area contributed by atoms with Crippen molar-refractivity contribution >= 4 is 45.4 Å². The summed E-state index contributed by atoms with van der Waals surface area (Å²) < 4.78 is 7.37. The summed E-state index contributed by atoms with van der Waals surface area (Å²) >= 11 is 3.43. The number of hydrogen-bond acceptors (Lipinski definition) is 4. The van der Waals surface area contributed by atoms with Gasteiger partial charge >= 0.3 is 5.97 Å². The molecule has 1 aliphatic rings. The van der Waals surface area contributed by atoms with Crippen LogP contribution in [-0.2, 0) is 9.53 Å². The monoisotopic (exact) mass is 463 g/mol. The number of halogens is 1. The fraction of sp³-hybridized carbons (Fsp3) is 0.0833. The number of carbonyl (C=O) groups is 2. The molecule has 1 aromatic heterocycles. The summed E-state index contributed by atoms with van der Waals surface area (Å²) in [5.41, 5.74) is 3.68. The summed E-state index contributed by atoms with van der Waals surface area (Å²) in [6, 6.07) is 14.8. The summed E-state index contributed by atoms with van der Waals surface area (Å²) in [5.74, 6) is -0.925. The molecule has 5 nitrogen and oxygen atoms in total. The van der Waals surface area contributed by atoms with Gasteiger partial charge < -0.3 is 9.84 Å². The van der Waals surface area contributed by atoms with Gasteiger partial charge in [0.05, 0.1) is 18.2 Å². The third-order valence-corrected chi connectivity index (χ3v) is 5.59. The van der Waals surface area contributed by atoms with Crippen LogP contribution in [0.15, 0.2) is 59.1 Å². The smallest absolute Gasteiger partial charge is 0.340 e. The number of aromatic hydroxyl groups is 1. The third-order valence-electron chi connectivity index (χ3n) is 5.09. The lowest BCUT2D eigenvalue weighted by atomic mass is 9.90. The van der Waals surface area contributed by atoms with Gasteiger partial charge in [0, 0.05) is 21.4 Å². The maximum Gasteiger partial charge on any atom is 0.340 e. The van der Waals surface area contributed by atoms with E-state index in [0.29, 0.717) is 17.0 Å². The second-order valence-corrected chi connectivity index (χ2v) is 7.76. The van der Waals surface area contributed by atoms with Gasteiger partial charge in [0.2, 0.25) is 5.88 Å². The number of hydrogen-bond donors (Lipinski definition) is 1. The van der Waals surface area contributed by atoms with Crippen LogP contribution in [0.2, 0.25) is 0 Å². The first-order valence-corrected chi connectivity index (χ1v) is 10.0. The Kier molecular flexibility index (Phi) is 5.18. The molecule has 0 amide bonds. The van der Waals surface area contributed by atoms with Gasteiger partial charge in [-0.1, -0.05) is 52.3 Å². The maximum atomic E-state index is 12.7. The second kappa shape index (κ2) is 7.80. The van der Waals surface area contributed by atoms with Crippen molar-refractivity contribution in [1.82, 2.24) is 4.57 Å². The molecule has 0 spiro atoms. The average Bonchev–Trinajstić information content (AvgIpc) is 2.99. The highest BCUT2D eigenvalue weighted by atomic mass is 79.9. The molecule has 1 N–H and O–H groups in total. The van der Waals surface area contributed by atoms with E-state index in [1.165, 1.54) is 13.2 Å². The molecule has 1 aliphatic carbocycles. The number of esters is 1. The SMILES string of the molecule is COC(=O)c1c(C=C2C(=O)C=Cc3ccccc32)c(O)n(-c2cccc(Br)c2)c1C. The Morgan fingerprint density at radius 2 is 1.90 bits per heavy atom. The Morgan fingerprint density at radius 1 is 1.13 bits per heavy atom. The first-order valence-electron chi connectivity index (χ1n) is 9.24. The molecule has 0 saturated heterocycles. The topological polar surface area (TPSA) is 68.5 Å². The first kappa shape index (κ1) is 19.9. The molecular formula is C24H18BrNO4. The highest BCUT2D eigenvalue weighted by molar-refractivity contribution is 9.10. The lowest BCUT2D eigenvalue weighted by Gasteiger charge is -2.13. The summed E-state index contributed by atoms with van der Waals surface area (Å²) in [5, 5.41) is 11.1. The molecule has 6 heteroatoms. The summed E-state index contributed by atoms with van der Waals surface area (Å²) in [6.45, 7) is 1.73. The van der Waals surface area contributed by atoms with E-state index in [9.17, 15) is 14.7 Å². The number of ketones is 1. The molecule has 150 valence electrons. The molecule has 0 aliphatic heterocycles. The molecule has 0 atom stereocenters. The van der Waals surface area contributed by atoms with Crippen LogP contribution >= 0.6 is 15.9 Å². The Balaban J connectivity index is 2.00. The average molecular weight is 464 g/mol. The number of methoxy groups -OCH3 is 1. The van der Waals surface area contributed by atoms with Crippen molar-refractivity contribution in [1.29, 1.82) is 0 Å². The van der Waals surface area contributed by atoms with E-state index in [-0.39, 0.29) is 22.8 Å². The van der Waals surface area contributed by atoms with Gasteiger partial charge in [0.25, 0.3) is 0 Å². The lowest BCUT2D eigenvalue weighted by molar-refractivity contribution is -0.109. The molecule has 30 heavy (non-hydrogen) atoms. The molecule has 0 fully saturated rings. The van der Waals surface area contributed by atoms with Gasteiger partial charge in [-0.25, -0.2) is 4.79 Å². The Morgan fingerprint density at radius 3 is 2.63 bits per heavy atom. The highest BCUT2D eigenvalue weighted by Gasteiger charge is 2.27. The van der Waals surface area contributed by atoms with E-state index >= 15 is 0 Å². The van der Waals surface area contributed by atoms with Crippen LogP contribution in [0.1, 0.15) is 32.7 Å². The van der Waals surface area contributed by atoms with E-state index in [4.69, 9.17) is 4.74 Å². The summed E-state index contributed by atoms with van der Waals surface area (Å²) in [6.07, 6.45) is 4.81. The fourth-order valence-electron chi connectivity index (χ4n) is 3.69. The van der Waals surface area contributed by atoms with Crippen LogP contribution in [0.3, 0.4) is 0 Å². The van der Waals surface area contributed by atoms with E-state index in [1.54, 1.807) is 23.6 Å². The summed E-state index contributed by atoms with van der Waals surface area (Å²) in [7, 11) is 1.29. The van der Waals surface area contributed by atoms with Gasteiger partial charge in [-0.2, -0.15) is 0 Å². The van der Waals surface area contributed by atoms with Crippen molar-refractivity contribution in [3.63, 3.8) is 0 Å². The molecule has 3 aromatic rings. The molecule has 0 unspecified atom stereocenters. The standard InChI is InChI=1S/C24H18BrNO4/c1-14-22(24(29)30-2)20(23(28)26(14)17-8-5-7-16(25)12-17)13-19-18-9-4-3-6-15(18)10-11-21(19)27/h3-13,28H,1-2H3. The van der Waals surface area contributed by atoms with Crippen molar-refractivity contribution in [3.8, 4) is 11.6 Å². The Labute approximate surface area is 182 Å². The number of aromatic nitrogens is 1. The Hall–Kier alpha value is -3.38. The molecule has 4 rings (SSSR count). The van der Waals surface area contributed by atoms with Crippen LogP contribution in [-0.4, -0.2) is 28.5 Å². The van der Waals surface area contributed by atoms with Gasteiger partial charge in [0.15, 0.2) is 5.78 Å². The van der Waals surface area contributed by atoms with Crippen LogP contribution in [0.4, 0.5) is 0 Å². The third kappa shape index (κ3) is 3.29. The normalized spacial score (nSPS) is 14.1. The first-order chi connectivity index (χ1) is 14.4. The molecule has 0 saturated carbocycles. The molecule has 2 aromatic carbocycles. The lowest BCUT2D eigenvalue weighted by Crippen LogP contribution is -2.07. The fourth-order valence-corrected chi connectivity index (χ4v) is 4.08.